The minimum absolute atomic E-state index is 0.256. The van der Waals surface area contributed by atoms with Crippen LogP contribution in [0.5, 0.6) is 0 Å². The third kappa shape index (κ3) is 3.23. The van der Waals surface area contributed by atoms with Gasteiger partial charge in [-0.05, 0) is 30.0 Å². The van der Waals surface area contributed by atoms with Crippen molar-refractivity contribution in [2.45, 2.75) is 26.2 Å². The first-order valence-electron chi connectivity index (χ1n) is 5.57. The maximum Gasteiger partial charge on any atom is 0.338 e. The molecular weight excluding hydrogens is 200 g/mol. The number of benzene rings is 1. The van der Waals surface area contributed by atoms with E-state index in [-0.39, 0.29) is 12.6 Å². The summed E-state index contributed by atoms with van der Waals surface area (Å²) in [5.74, 6) is 0.230. The second kappa shape index (κ2) is 6.11. The van der Waals surface area contributed by atoms with E-state index in [4.69, 9.17) is 4.74 Å². The minimum atomic E-state index is -0.296. The van der Waals surface area contributed by atoms with Crippen molar-refractivity contribution in [3.8, 4) is 0 Å². The Morgan fingerprint density at radius 3 is 2.56 bits per heavy atom. The van der Waals surface area contributed by atoms with E-state index in [1.807, 2.05) is 24.3 Å². The molecule has 0 aliphatic carbocycles. The lowest BCUT2D eigenvalue weighted by atomic mass is 9.98. The van der Waals surface area contributed by atoms with Crippen LogP contribution >= 0.6 is 0 Å². The molecule has 0 amide bonds. The molecule has 0 heterocycles. The maximum absolute atomic E-state index is 11.5. The SMILES string of the molecule is C=CCOC(=O)c1ccc(C(C)CC)cc1. The summed E-state index contributed by atoms with van der Waals surface area (Å²) in [6.07, 6.45) is 2.66. The zero-order chi connectivity index (χ0) is 12.0. The van der Waals surface area contributed by atoms with E-state index in [1.165, 1.54) is 5.56 Å². The first-order chi connectivity index (χ1) is 7.69. The summed E-state index contributed by atoms with van der Waals surface area (Å²) in [5.41, 5.74) is 1.84. The van der Waals surface area contributed by atoms with Gasteiger partial charge in [-0.3, -0.25) is 0 Å². The lowest BCUT2D eigenvalue weighted by Crippen LogP contribution is -2.05. The summed E-state index contributed by atoms with van der Waals surface area (Å²) in [7, 11) is 0. The van der Waals surface area contributed by atoms with E-state index in [9.17, 15) is 4.79 Å². The molecule has 0 aliphatic rings. The van der Waals surface area contributed by atoms with Gasteiger partial charge in [0.2, 0.25) is 0 Å². The molecule has 0 radical (unpaired) electrons. The highest BCUT2D eigenvalue weighted by Gasteiger charge is 2.07. The number of hydrogen-bond donors (Lipinski definition) is 0. The van der Waals surface area contributed by atoms with Crippen LogP contribution in [0.25, 0.3) is 0 Å². The fourth-order valence-electron chi connectivity index (χ4n) is 1.40. The van der Waals surface area contributed by atoms with Crippen LogP contribution in [0.15, 0.2) is 36.9 Å². The van der Waals surface area contributed by atoms with Crippen LogP contribution < -0.4 is 0 Å². The average molecular weight is 218 g/mol. The third-order valence-electron chi connectivity index (χ3n) is 2.66. The van der Waals surface area contributed by atoms with E-state index < -0.39 is 0 Å². The van der Waals surface area contributed by atoms with Crippen LogP contribution in [0.1, 0.15) is 42.1 Å². The number of carbonyl (C=O) groups is 1. The highest BCUT2D eigenvalue weighted by atomic mass is 16.5. The van der Waals surface area contributed by atoms with Crippen molar-refractivity contribution < 1.29 is 9.53 Å². The van der Waals surface area contributed by atoms with Gasteiger partial charge in [0.15, 0.2) is 0 Å². The van der Waals surface area contributed by atoms with Crippen molar-refractivity contribution in [1.82, 2.24) is 0 Å². The van der Waals surface area contributed by atoms with Gasteiger partial charge >= 0.3 is 5.97 Å². The van der Waals surface area contributed by atoms with Gasteiger partial charge in [-0.1, -0.05) is 38.6 Å². The molecule has 0 saturated heterocycles. The van der Waals surface area contributed by atoms with Crippen LogP contribution in [-0.2, 0) is 4.74 Å². The lowest BCUT2D eigenvalue weighted by molar-refractivity contribution is 0.0549. The smallest absolute Gasteiger partial charge is 0.338 e. The van der Waals surface area contributed by atoms with Crippen molar-refractivity contribution >= 4 is 5.97 Å². The first kappa shape index (κ1) is 12.5. The fraction of sp³-hybridized carbons (Fsp3) is 0.357. The van der Waals surface area contributed by atoms with E-state index in [1.54, 1.807) is 6.08 Å². The Morgan fingerprint density at radius 1 is 1.44 bits per heavy atom. The summed E-state index contributed by atoms with van der Waals surface area (Å²) >= 11 is 0. The van der Waals surface area contributed by atoms with Crippen LogP contribution in [-0.4, -0.2) is 12.6 Å². The van der Waals surface area contributed by atoms with Crippen LogP contribution in [0.3, 0.4) is 0 Å². The monoisotopic (exact) mass is 218 g/mol. The van der Waals surface area contributed by atoms with Gasteiger partial charge in [-0.25, -0.2) is 4.79 Å². The molecule has 0 bridgehead atoms. The second-order valence-electron chi connectivity index (χ2n) is 3.82. The van der Waals surface area contributed by atoms with Crippen molar-refractivity contribution in [3.63, 3.8) is 0 Å². The number of esters is 1. The molecule has 0 aromatic heterocycles. The van der Waals surface area contributed by atoms with E-state index in [0.29, 0.717) is 11.5 Å². The molecule has 0 spiro atoms. The van der Waals surface area contributed by atoms with Crippen LogP contribution in [0.4, 0.5) is 0 Å². The molecule has 1 aromatic rings. The van der Waals surface area contributed by atoms with Gasteiger partial charge in [-0.2, -0.15) is 0 Å². The normalized spacial score (nSPS) is 11.9. The summed E-state index contributed by atoms with van der Waals surface area (Å²) in [6, 6.07) is 7.59. The second-order valence-corrected chi connectivity index (χ2v) is 3.82. The molecule has 0 N–H and O–H groups in total. The zero-order valence-corrected chi connectivity index (χ0v) is 9.90. The molecule has 2 heteroatoms. The van der Waals surface area contributed by atoms with Crippen molar-refractivity contribution in [3.05, 3.63) is 48.0 Å². The van der Waals surface area contributed by atoms with Gasteiger partial charge in [0.25, 0.3) is 0 Å². The van der Waals surface area contributed by atoms with Gasteiger partial charge in [-0.15, -0.1) is 0 Å². The molecule has 2 nitrogen and oxygen atoms in total. The molecule has 86 valence electrons. The number of carbonyl (C=O) groups excluding carboxylic acids is 1. The fourth-order valence-corrected chi connectivity index (χ4v) is 1.40. The summed E-state index contributed by atoms with van der Waals surface area (Å²) < 4.78 is 4.95. The largest absolute Gasteiger partial charge is 0.458 e. The van der Waals surface area contributed by atoms with E-state index in [2.05, 4.69) is 20.4 Å². The standard InChI is InChI=1S/C14H18O2/c1-4-10-16-14(15)13-8-6-12(7-9-13)11(3)5-2/h4,6-9,11H,1,5,10H2,2-3H3. The van der Waals surface area contributed by atoms with Crippen molar-refractivity contribution in [2.75, 3.05) is 6.61 Å². The van der Waals surface area contributed by atoms with Gasteiger partial charge in [0.1, 0.15) is 6.61 Å². The number of ether oxygens (including phenoxy) is 1. The molecule has 1 atom stereocenters. The van der Waals surface area contributed by atoms with Crippen molar-refractivity contribution in [2.24, 2.45) is 0 Å². The topological polar surface area (TPSA) is 26.3 Å². The highest BCUT2D eigenvalue weighted by Crippen LogP contribution is 2.18. The Hall–Kier alpha value is -1.57. The Kier molecular flexibility index (Phi) is 4.77. The summed E-state index contributed by atoms with van der Waals surface area (Å²) in [5, 5.41) is 0. The third-order valence-corrected chi connectivity index (χ3v) is 2.66. The lowest BCUT2D eigenvalue weighted by Gasteiger charge is -2.09. The molecule has 1 unspecified atom stereocenters. The quantitative estimate of drug-likeness (QED) is 0.558. The van der Waals surface area contributed by atoms with Gasteiger partial charge < -0.3 is 4.74 Å². The minimum Gasteiger partial charge on any atom is -0.458 e. The van der Waals surface area contributed by atoms with Gasteiger partial charge in [0.05, 0.1) is 5.56 Å². The van der Waals surface area contributed by atoms with Crippen LogP contribution in [0, 0.1) is 0 Å². The average Bonchev–Trinajstić information content (AvgIpc) is 2.35. The Bertz CT molecular complexity index is 352. The highest BCUT2D eigenvalue weighted by molar-refractivity contribution is 5.89. The molecular formula is C14H18O2. The predicted octanol–water partition coefficient (Wildman–Crippen LogP) is 3.54. The van der Waals surface area contributed by atoms with Gasteiger partial charge in [0, 0.05) is 0 Å². The number of hydrogen-bond acceptors (Lipinski definition) is 2. The zero-order valence-electron chi connectivity index (χ0n) is 9.90. The molecule has 1 rings (SSSR count). The number of rotatable bonds is 5. The van der Waals surface area contributed by atoms with E-state index >= 15 is 0 Å². The first-order valence-corrected chi connectivity index (χ1v) is 5.57. The summed E-state index contributed by atoms with van der Waals surface area (Å²) in [6.45, 7) is 8.07. The molecule has 16 heavy (non-hydrogen) atoms. The maximum atomic E-state index is 11.5. The van der Waals surface area contributed by atoms with Crippen LogP contribution in [0.2, 0.25) is 0 Å². The van der Waals surface area contributed by atoms with E-state index in [0.717, 1.165) is 6.42 Å². The molecule has 1 aromatic carbocycles. The Labute approximate surface area is 96.9 Å². The Morgan fingerprint density at radius 2 is 2.06 bits per heavy atom. The predicted molar refractivity (Wildman–Crippen MR) is 65.6 cm³/mol. The molecule has 0 saturated carbocycles. The molecule has 0 fully saturated rings. The molecule has 0 aliphatic heterocycles. The Balaban J connectivity index is 2.70. The summed E-state index contributed by atoms with van der Waals surface area (Å²) in [4.78, 5) is 11.5. The van der Waals surface area contributed by atoms with Crippen molar-refractivity contribution in [1.29, 1.82) is 0 Å².